The van der Waals surface area contributed by atoms with Gasteiger partial charge in [-0.15, -0.1) is 0 Å². The minimum atomic E-state index is -0.388. The Morgan fingerprint density at radius 3 is 2.43 bits per heavy atom. The molecule has 0 spiro atoms. The molecular weight excluding hydrogens is 404 g/mol. The fraction of sp³-hybridized carbons (Fsp3) is 0.130. The van der Waals surface area contributed by atoms with Gasteiger partial charge in [0, 0.05) is 22.2 Å². The minimum absolute atomic E-state index is 0.362. The number of nitrogens with one attached hydrogen (secondary N) is 1. The van der Waals surface area contributed by atoms with Crippen molar-refractivity contribution in [3.8, 4) is 17.2 Å². The van der Waals surface area contributed by atoms with Gasteiger partial charge in [0.15, 0.2) is 0 Å². The van der Waals surface area contributed by atoms with Gasteiger partial charge in [-0.3, -0.25) is 4.79 Å². The molecule has 154 valence electrons. The van der Waals surface area contributed by atoms with Gasteiger partial charge in [0.1, 0.15) is 23.9 Å². The lowest BCUT2D eigenvalue weighted by Crippen LogP contribution is -2.17. The molecule has 1 N–H and O–H groups in total. The van der Waals surface area contributed by atoms with Gasteiger partial charge in [0.05, 0.1) is 20.4 Å². The van der Waals surface area contributed by atoms with Gasteiger partial charge in [-0.1, -0.05) is 35.9 Å². The van der Waals surface area contributed by atoms with Crippen LogP contribution in [-0.2, 0) is 6.61 Å². The van der Waals surface area contributed by atoms with Crippen molar-refractivity contribution in [1.29, 1.82) is 0 Å². The van der Waals surface area contributed by atoms with Crippen LogP contribution in [0.1, 0.15) is 21.5 Å². The van der Waals surface area contributed by atoms with E-state index in [4.69, 9.17) is 25.8 Å². The third-order valence-electron chi connectivity index (χ3n) is 4.19. The molecule has 0 saturated heterocycles. The Kier molecular flexibility index (Phi) is 7.29. The largest absolute Gasteiger partial charge is 0.497 e. The molecule has 3 aromatic carbocycles. The van der Waals surface area contributed by atoms with E-state index in [1.165, 1.54) is 20.4 Å². The molecule has 0 aromatic heterocycles. The molecule has 0 aliphatic rings. The summed E-state index contributed by atoms with van der Waals surface area (Å²) in [5.74, 6) is 1.28. The van der Waals surface area contributed by atoms with Crippen molar-refractivity contribution >= 4 is 23.7 Å². The third-order valence-corrected chi connectivity index (χ3v) is 4.42. The van der Waals surface area contributed by atoms with Gasteiger partial charge < -0.3 is 14.2 Å². The van der Waals surface area contributed by atoms with Crippen molar-refractivity contribution < 1.29 is 19.0 Å². The summed E-state index contributed by atoms with van der Waals surface area (Å²) in [6.45, 7) is 0.362. The second-order valence-corrected chi connectivity index (χ2v) is 6.69. The Morgan fingerprint density at radius 2 is 1.73 bits per heavy atom. The number of rotatable bonds is 8. The third kappa shape index (κ3) is 5.75. The summed E-state index contributed by atoms with van der Waals surface area (Å²) >= 11 is 6.01. The van der Waals surface area contributed by atoms with E-state index < -0.39 is 0 Å². The van der Waals surface area contributed by atoms with Gasteiger partial charge in [0.25, 0.3) is 5.91 Å². The summed E-state index contributed by atoms with van der Waals surface area (Å²) < 4.78 is 16.3. The summed E-state index contributed by atoms with van der Waals surface area (Å²) in [7, 11) is 3.05. The molecule has 0 radical (unpaired) electrons. The second-order valence-electron chi connectivity index (χ2n) is 6.26. The zero-order chi connectivity index (χ0) is 21.3. The Balaban J connectivity index is 1.67. The smallest absolute Gasteiger partial charge is 0.271 e. The number of para-hydroxylation sites is 1. The lowest BCUT2D eigenvalue weighted by molar-refractivity contribution is 0.0954. The van der Waals surface area contributed by atoms with E-state index >= 15 is 0 Å². The monoisotopic (exact) mass is 424 g/mol. The normalized spacial score (nSPS) is 10.6. The predicted molar refractivity (Wildman–Crippen MR) is 117 cm³/mol. The maximum atomic E-state index is 12.4. The molecule has 0 bridgehead atoms. The summed E-state index contributed by atoms with van der Waals surface area (Å²) in [6, 6.07) is 19.8. The SMILES string of the molecule is COc1cc(OC)cc(C(=O)NN=Cc2ccccc2OCc2cccc(Cl)c2)c1. The molecule has 0 heterocycles. The molecule has 3 aromatic rings. The van der Waals surface area contributed by atoms with Crippen molar-refractivity contribution in [1.82, 2.24) is 5.43 Å². The second kappa shape index (κ2) is 10.3. The fourth-order valence-electron chi connectivity index (χ4n) is 2.67. The van der Waals surface area contributed by atoms with Crippen LogP contribution in [0.5, 0.6) is 17.2 Å². The van der Waals surface area contributed by atoms with E-state index in [9.17, 15) is 4.79 Å². The molecule has 0 saturated carbocycles. The zero-order valence-corrected chi connectivity index (χ0v) is 17.3. The summed E-state index contributed by atoms with van der Waals surface area (Å²) in [4.78, 5) is 12.4. The van der Waals surface area contributed by atoms with E-state index in [0.29, 0.717) is 34.4 Å². The van der Waals surface area contributed by atoms with Crippen LogP contribution < -0.4 is 19.6 Å². The van der Waals surface area contributed by atoms with Crippen molar-refractivity contribution in [3.63, 3.8) is 0 Å². The first-order chi connectivity index (χ1) is 14.6. The number of amides is 1. The average Bonchev–Trinajstić information content (AvgIpc) is 2.78. The Morgan fingerprint density at radius 1 is 1.00 bits per heavy atom. The van der Waals surface area contributed by atoms with Gasteiger partial charge >= 0.3 is 0 Å². The molecule has 0 aliphatic heterocycles. The van der Waals surface area contributed by atoms with Gasteiger partial charge in [0.2, 0.25) is 0 Å². The number of hydrogen-bond donors (Lipinski definition) is 1. The average molecular weight is 425 g/mol. The quantitative estimate of drug-likeness (QED) is 0.420. The van der Waals surface area contributed by atoms with E-state index in [2.05, 4.69) is 10.5 Å². The van der Waals surface area contributed by atoms with Crippen molar-refractivity contribution in [2.45, 2.75) is 6.61 Å². The van der Waals surface area contributed by atoms with Crippen LogP contribution in [-0.4, -0.2) is 26.3 Å². The van der Waals surface area contributed by atoms with E-state index in [1.54, 1.807) is 18.2 Å². The number of nitrogens with zero attached hydrogens (tertiary/aromatic N) is 1. The maximum Gasteiger partial charge on any atom is 0.271 e. The molecule has 0 atom stereocenters. The molecule has 0 aliphatic carbocycles. The van der Waals surface area contributed by atoms with Crippen LogP contribution in [0.25, 0.3) is 0 Å². The van der Waals surface area contributed by atoms with Gasteiger partial charge in [-0.05, 0) is 42.0 Å². The fourth-order valence-corrected chi connectivity index (χ4v) is 2.88. The lowest BCUT2D eigenvalue weighted by Gasteiger charge is -2.09. The van der Waals surface area contributed by atoms with Crippen LogP contribution >= 0.6 is 11.6 Å². The molecule has 3 rings (SSSR count). The number of ether oxygens (including phenoxy) is 3. The Bertz CT molecular complexity index is 1030. The predicted octanol–water partition coefficient (Wildman–Crippen LogP) is 4.70. The van der Waals surface area contributed by atoms with E-state index in [-0.39, 0.29) is 5.91 Å². The first-order valence-electron chi connectivity index (χ1n) is 9.12. The van der Waals surface area contributed by atoms with Crippen molar-refractivity contribution in [3.05, 3.63) is 88.4 Å². The molecule has 6 nitrogen and oxygen atoms in total. The number of carbonyl (C=O) groups excluding carboxylic acids is 1. The number of hydrazone groups is 1. The number of halogens is 1. The van der Waals surface area contributed by atoms with Gasteiger partial charge in [-0.25, -0.2) is 5.43 Å². The molecule has 0 fully saturated rings. The summed E-state index contributed by atoms with van der Waals surface area (Å²) in [5, 5.41) is 4.71. The Labute approximate surface area is 180 Å². The highest BCUT2D eigenvalue weighted by Gasteiger charge is 2.09. The van der Waals surface area contributed by atoms with Crippen LogP contribution in [0.4, 0.5) is 0 Å². The van der Waals surface area contributed by atoms with Crippen LogP contribution in [0, 0.1) is 0 Å². The number of hydrogen-bond acceptors (Lipinski definition) is 5. The molecule has 30 heavy (non-hydrogen) atoms. The van der Waals surface area contributed by atoms with E-state index in [0.717, 1.165) is 11.1 Å². The number of benzene rings is 3. The molecular formula is C23H21ClN2O4. The lowest BCUT2D eigenvalue weighted by atomic mass is 10.2. The Hall–Kier alpha value is -3.51. The minimum Gasteiger partial charge on any atom is -0.497 e. The van der Waals surface area contributed by atoms with Crippen LogP contribution in [0.15, 0.2) is 71.8 Å². The van der Waals surface area contributed by atoms with Crippen LogP contribution in [0.2, 0.25) is 5.02 Å². The summed E-state index contributed by atoms with van der Waals surface area (Å²) in [5.41, 5.74) is 4.55. The highest BCUT2D eigenvalue weighted by Crippen LogP contribution is 2.22. The van der Waals surface area contributed by atoms with Gasteiger partial charge in [-0.2, -0.15) is 5.10 Å². The van der Waals surface area contributed by atoms with Crippen LogP contribution in [0.3, 0.4) is 0 Å². The topological polar surface area (TPSA) is 69.2 Å². The first-order valence-corrected chi connectivity index (χ1v) is 9.49. The number of carbonyl (C=O) groups is 1. The molecule has 7 heteroatoms. The van der Waals surface area contributed by atoms with E-state index in [1.807, 2.05) is 48.5 Å². The highest BCUT2D eigenvalue weighted by atomic mass is 35.5. The standard InChI is InChI=1S/C23H21ClN2O4/c1-28-20-11-18(12-21(13-20)29-2)23(27)26-25-14-17-7-3-4-9-22(17)30-15-16-6-5-8-19(24)10-16/h3-14H,15H2,1-2H3,(H,26,27). The van der Waals surface area contributed by atoms with Crippen molar-refractivity contribution in [2.24, 2.45) is 5.10 Å². The first kappa shape index (κ1) is 21.2. The maximum absolute atomic E-state index is 12.4. The summed E-state index contributed by atoms with van der Waals surface area (Å²) in [6.07, 6.45) is 1.53. The number of methoxy groups -OCH3 is 2. The molecule has 1 amide bonds. The highest BCUT2D eigenvalue weighted by molar-refractivity contribution is 6.30. The zero-order valence-electron chi connectivity index (χ0n) is 16.6. The molecule has 0 unspecified atom stereocenters. The van der Waals surface area contributed by atoms with Crippen molar-refractivity contribution in [2.75, 3.05) is 14.2 Å².